The first-order valence-electron chi connectivity index (χ1n) is 5.44. The Balaban J connectivity index is 3.08. The molecule has 0 bridgehead atoms. The molecule has 2 N–H and O–H groups in total. The molecular weight excluding hydrogens is 202 g/mol. The fourth-order valence-corrected chi connectivity index (χ4v) is 1.46. The van der Waals surface area contributed by atoms with Crippen LogP contribution in [0.15, 0.2) is 12.1 Å². The summed E-state index contributed by atoms with van der Waals surface area (Å²) in [6.45, 7) is 8.08. The monoisotopic (exact) mass is 223 g/mol. The second-order valence-electron chi connectivity index (χ2n) is 4.80. The zero-order valence-electron chi connectivity index (χ0n) is 10.7. The highest BCUT2D eigenvalue weighted by Crippen LogP contribution is 2.30. The number of anilines is 1. The zero-order chi connectivity index (χ0) is 12.3. The van der Waals surface area contributed by atoms with Gasteiger partial charge in [-0.25, -0.2) is 0 Å². The number of hydrogen-bond donors (Lipinski definition) is 2. The Hall–Kier alpha value is -1.22. The molecule has 0 saturated heterocycles. The quantitative estimate of drug-likeness (QED) is 0.824. The van der Waals surface area contributed by atoms with Crippen molar-refractivity contribution in [3.8, 4) is 5.75 Å². The lowest BCUT2D eigenvalue weighted by Gasteiger charge is -2.26. The van der Waals surface area contributed by atoms with E-state index in [1.807, 2.05) is 26.0 Å². The summed E-state index contributed by atoms with van der Waals surface area (Å²) >= 11 is 0. The minimum atomic E-state index is -0.352. The van der Waals surface area contributed by atoms with Gasteiger partial charge in [-0.1, -0.05) is 0 Å². The molecule has 0 radical (unpaired) electrons. The first-order valence-corrected chi connectivity index (χ1v) is 5.44. The molecule has 0 aliphatic rings. The van der Waals surface area contributed by atoms with Crippen LogP contribution in [-0.4, -0.2) is 24.4 Å². The van der Waals surface area contributed by atoms with Crippen LogP contribution < -0.4 is 10.1 Å². The normalized spacial score (nSPS) is 11.4. The molecule has 0 heterocycles. The zero-order valence-corrected chi connectivity index (χ0v) is 10.7. The van der Waals surface area contributed by atoms with E-state index in [9.17, 15) is 5.11 Å². The van der Waals surface area contributed by atoms with E-state index in [2.05, 4.69) is 19.2 Å². The van der Waals surface area contributed by atoms with Crippen molar-refractivity contribution >= 4 is 5.69 Å². The van der Waals surface area contributed by atoms with E-state index in [4.69, 9.17) is 4.74 Å². The van der Waals surface area contributed by atoms with Gasteiger partial charge in [-0.3, -0.25) is 0 Å². The molecule has 1 rings (SSSR count). The number of aliphatic hydroxyl groups excluding tert-OH is 1. The van der Waals surface area contributed by atoms with E-state index in [0.29, 0.717) is 0 Å². The van der Waals surface area contributed by atoms with Crippen LogP contribution in [0.1, 0.15) is 25.0 Å². The van der Waals surface area contributed by atoms with Gasteiger partial charge < -0.3 is 15.2 Å². The maximum atomic E-state index is 9.24. The first kappa shape index (κ1) is 12.8. The highest BCUT2D eigenvalue weighted by molar-refractivity contribution is 5.61. The minimum absolute atomic E-state index is 0.0725. The maximum absolute atomic E-state index is 9.24. The number of rotatable bonds is 4. The molecule has 1 aromatic rings. The SMILES string of the molecule is COc1cc(C)c(C)cc1NC(C)(C)CO. The van der Waals surface area contributed by atoms with Crippen molar-refractivity contribution in [1.82, 2.24) is 0 Å². The van der Waals surface area contributed by atoms with Gasteiger partial charge in [-0.2, -0.15) is 0 Å². The molecular formula is C13H21NO2. The van der Waals surface area contributed by atoms with Gasteiger partial charge in [0, 0.05) is 0 Å². The molecule has 0 spiro atoms. The van der Waals surface area contributed by atoms with Crippen LogP contribution in [-0.2, 0) is 0 Å². The summed E-state index contributed by atoms with van der Waals surface area (Å²) in [4.78, 5) is 0. The van der Waals surface area contributed by atoms with Gasteiger partial charge in [-0.15, -0.1) is 0 Å². The Morgan fingerprint density at radius 1 is 1.25 bits per heavy atom. The topological polar surface area (TPSA) is 41.5 Å². The molecule has 0 aliphatic carbocycles. The first-order chi connectivity index (χ1) is 7.39. The van der Waals surface area contributed by atoms with E-state index >= 15 is 0 Å². The Labute approximate surface area is 97.4 Å². The Kier molecular flexibility index (Phi) is 3.81. The van der Waals surface area contributed by atoms with Gasteiger partial charge >= 0.3 is 0 Å². The Morgan fingerprint density at radius 3 is 2.31 bits per heavy atom. The molecule has 3 nitrogen and oxygen atoms in total. The lowest BCUT2D eigenvalue weighted by molar-refractivity contribution is 0.234. The summed E-state index contributed by atoms with van der Waals surface area (Å²) in [5.74, 6) is 0.810. The van der Waals surface area contributed by atoms with Gasteiger partial charge in [0.15, 0.2) is 0 Å². The van der Waals surface area contributed by atoms with Crippen molar-refractivity contribution in [2.24, 2.45) is 0 Å². The molecule has 0 fully saturated rings. The summed E-state index contributed by atoms with van der Waals surface area (Å²) in [6, 6.07) is 4.05. The van der Waals surface area contributed by atoms with E-state index in [0.717, 1.165) is 11.4 Å². The van der Waals surface area contributed by atoms with E-state index < -0.39 is 0 Å². The third-order valence-electron chi connectivity index (χ3n) is 2.68. The molecule has 0 aliphatic heterocycles. The van der Waals surface area contributed by atoms with Gasteiger partial charge in [0.05, 0.1) is 24.9 Å². The molecule has 1 aromatic carbocycles. The average molecular weight is 223 g/mol. The van der Waals surface area contributed by atoms with Crippen molar-refractivity contribution in [1.29, 1.82) is 0 Å². The smallest absolute Gasteiger partial charge is 0.142 e. The van der Waals surface area contributed by atoms with Crippen molar-refractivity contribution in [2.45, 2.75) is 33.2 Å². The van der Waals surface area contributed by atoms with Crippen molar-refractivity contribution in [3.63, 3.8) is 0 Å². The van der Waals surface area contributed by atoms with E-state index in [1.165, 1.54) is 11.1 Å². The summed E-state index contributed by atoms with van der Waals surface area (Å²) in [5, 5.41) is 12.5. The van der Waals surface area contributed by atoms with Gasteiger partial charge in [0.25, 0.3) is 0 Å². The van der Waals surface area contributed by atoms with Gasteiger partial charge in [0.2, 0.25) is 0 Å². The highest BCUT2D eigenvalue weighted by Gasteiger charge is 2.18. The largest absolute Gasteiger partial charge is 0.495 e. The predicted molar refractivity (Wildman–Crippen MR) is 67.3 cm³/mol. The number of aryl methyl sites for hydroxylation is 2. The number of nitrogens with one attached hydrogen (secondary N) is 1. The van der Waals surface area contributed by atoms with Crippen LogP contribution in [0.2, 0.25) is 0 Å². The van der Waals surface area contributed by atoms with Gasteiger partial charge in [-0.05, 0) is 51.0 Å². The van der Waals surface area contributed by atoms with Crippen LogP contribution in [0, 0.1) is 13.8 Å². The fourth-order valence-electron chi connectivity index (χ4n) is 1.46. The van der Waals surface area contributed by atoms with Crippen molar-refractivity contribution in [3.05, 3.63) is 23.3 Å². The Morgan fingerprint density at radius 2 is 1.81 bits per heavy atom. The van der Waals surface area contributed by atoms with Crippen LogP contribution in [0.5, 0.6) is 5.75 Å². The second-order valence-corrected chi connectivity index (χ2v) is 4.80. The molecule has 0 saturated carbocycles. The van der Waals surface area contributed by atoms with Crippen LogP contribution in [0.4, 0.5) is 5.69 Å². The summed E-state index contributed by atoms with van der Waals surface area (Å²) in [5.41, 5.74) is 2.97. The average Bonchev–Trinajstić information content (AvgIpc) is 2.22. The lowest BCUT2D eigenvalue weighted by atomic mass is 10.0. The maximum Gasteiger partial charge on any atom is 0.142 e. The van der Waals surface area contributed by atoms with Gasteiger partial charge in [0.1, 0.15) is 5.75 Å². The van der Waals surface area contributed by atoms with Crippen LogP contribution in [0.3, 0.4) is 0 Å². The minimum Gasteiger partial charge on any atom is -0.495 e. The summed E-state index contributed by atoms with van der Waals surface area (Å²) < 4.78 is 5.33. The lowest BCUT2D eigenvalue weighted by Crippen LogP contribution is -2.35. The van der Waals surface area contributed by atoms with Crippen molar-refractivity contribution in [2.75, 3.05) is 19.0 Å². The molecule has 90 valence electrons. The molecule has 16 heavy (non-hydrogen) atoms. The molecule has 3 heteroatoms. The Bertz CT molecular complexity index is 372. The summed E-state index contributed by atoms with van der Waals surface area (Å²) in [6.07, 6.45) is 0. The van der Waals surface area contributed by atoms with E-state index in [-0.39, 0.29) is 12.1 Å². The number of hydrogen-bond acceptors (Lipinski definition) is 3. The third kappa shape index (κ3) is 2.89. The number of methoxy groups -OCH3 is 1. The summed E-state index contributed by atoms with van der Waals surface area (Å²) in [7, 11) is 1.65. The molecule has 0 amide bonds. The predicted octanol–water partition coefficient (Wildman–Crippen LogP) is 2.49. The second kappa shape index (κ2) is 4.74. The number of aliphatic hydroxyl groups is 1. The standard InChI is InChI=1S/C13H21NO2/c1-9-6-11(14-13(3,4)8-15)12(16-5)7-10(9)2/h6-7,14-15H,8H2,1-5H3. The molecule has 0 unspecified atom stereocenters. The fraction of sp³-hybridized carbons (Fsp3) is 0.538. The highest BCUT2D eigenvalue weighted by atomic mass is 16.5. The van der Waals surface area contributed by atoms with Crippen LogP contribution in [0.25, 0.3) is 0 Å². The van der Waals surface area contributed by atoms with Crippen molar-refractivity contribution < 1.29 is 9.84 Å². The number of ether oxygens (including phenoxy) is 1. The third-order valence-corrected chi connectivity index (χ3v) is 2.68. The van der Waals surface area contributed by atoms with Crippen LogP contribution >= 0.6 is 0 Å². The molecule has 0 atom stereocenters. The molecule has 0 aromatic heterocycles. The number of benzene rings is 1. The van der Waals surface area contributed by atoms with E-state index in [1.54, 1.807) is 7.11 Å².